The predicted molar refractivity (Wildman–Crippen MR) is 99.7 cm³/mol. The molecule has 0 aliphatic rings. The van der Waals surface area contributed by atoms with Crippen molar-refractivity contribution in [3.63, 3.8) is 0 Å². The summed E-state index contributed by atoms with van der Waals surface area (Å²) < 4.78 is 8.13. The summed E-state index contributed by atoms with van der Waals surface area (Å²) in [4.78, 5) is 0. The summed E-state index contributed by atoms with van der Waals surface area (Å²) in [7, 11) is 0.0243. The zero-order chi connectivity index (χ0) is 16.7. The number of rotatable bonds is 5. The van der Waals surface area contributed by atoms with E-state index in [1.807, 2.05) is 0 Å². The van der Waals surface area contributed by atoms with Gasteiger partial charge in [-0.3, -0.25) is 0 Å². The van der Waals surface area contributed by atoms with Crippen LogP contribution in [0.2, 0.25) is 16.6 Å². The standard InChI is InChI=1S/C19H31NOSi/c1-13(2)22(14(3)4,15(5)6)20-16(7)11-17-12-18(21-8)9-10-19(17)20/h9-15H,1-8H3. The van der Waals surface area contributed by atoms with Crippen LogP contribution in [0.4, 0.5) is 0 Å². The molecule has 2 rings (SSSR count). The van der Waals surface area contributed by atoms with E-state index in [9.17, 15) is 0 Å². The number of fused-ring (bicyclic) bond motifs is 1. The number of ether oxygens (including phenoxy) is 1. The summed E-state index contributed by atoms with van der Waals surface area (Å²) in [6.45, 7) is 16.8. The Kier molecular flexibility index (Phi) is 4.76. The Morgan fingerprint density at radius 3 is 1.91 bits per heavy atom. The van der Waals surface area contributed by atoms with Gasteiger partial charge in [0.1, 0.15) is 5.75 Å². The van der Waals surface area contributed by atoms with Crippen LogP contribution in [-0.4, -0.2) is 19.6 Å². The predicted octanol–water partition coefficient (Wildman–Crippen LogP) is 5.98. The molecule has 1 aromatic heterocycles. The van der Waals surface area contributed by atoms with E-state index in [0.717, 1.165) is 5.75 Å². The van der Waals surface area contributed by atoms with Crippen LogP contribution in [0.3, 0.4) is 0 Å². The van der Waals surface area contributed by atoms with Crippen molar-refractivity contribution in [3.8, 4) is 5.75 Å². The second-order valence-electron chi connectivity index (χ2n) is 7.40. The van der Waals surface area contributed by atoms with E-state index in [1.54, 1.807) is 7.11 Å². The van der Waals surface area contributed by atoms with Crippen molar-refractivity contribution in [1.82, 2.24) is 4.23 Å². The fourth-order valence-corrected chi connectivity index (χ4v) is 11.6. The highest BCUT2D eigenvalue weighted by Crippen LogP contribution is 2.45. The van der Waals surface area contributed by atoms with Crippen molar-refractivity contribution in [1.29, 1.82) is 0 Å². The number of nitrogens with zero attached hydrogens (tertiary/aromatic N) is 1. The first-order valence-electron chi connectivity index (χ1n) is 8.43. The highest BCUT2D eigenvalue weighted by molar-refractivity contribution is 6.82. The Bertz CT molecular complexity index is 633. The van der Waals surface area contributed by atoms with Gasteiger partial charge < -0.3 is 8.97 Å². The Balaban J connectivity index is 2.82. The maximum Gasteiger partial charge on any atom is 0.169 e. The van der Waals surface area contributed by atoms with E-state index < -0.39 is 8.24 Å². The quantitative estimate of drug-likeness (QED) is 0.618. The summed E-state index contributed by atoms with van der Waals surface area (Å²) in [5, 5.41) is 1.30. The van der Waals surface area contributed by atoms with Crippen LogP contribution in [0.25, 0.3) is 10.9 Å². The van der Waals surface area contributed by atoms with Crippen LogP contribution < -0.4 is 4.74 Å². The first kappa shape index (κ1) is 17.1. The second kappa shape index (κ2) is 6.11. The van der Waals surface area contributed by atoms with Crippen LogP contribution in [-0.2, 0) is 0 Å². The lowest BCUT2D eigenvalue weighted by Gasteiger charge is -2.45. The van der Waals surface area contributed by atoms with Crippen molar-refractivity contribution in [3.05, 3.63) is 30.0 Å². The third kappa shape index (κ3) is 2.39. The number of aryl methyl sites for hydroxylation is 1. The Morgan fingerprint density at radius 2 is 1.45 bits per heavy atom. The SMILES string of the molecule is COc1ccc2c(c1)cc(C)n2[Si](C(C)C)(C(C)C)C(C)C. The molecule has 0 amide bonds. The molecule has 0 bridgehead atoms. The minimum atomic E-state index is -1.71. The number of aromatic nitrogens is 1. The molecule has 22 heavy (non-hydrogen) atoms. The first-order valence-corrected chi connectivity index (χ1v) is 10.6. The first-order chi connectivity index (χ1) is 10.3. The number of methoxy groups -OCH3 is 1. The van der Waals surface area contributed by atoms with E-state index >= 15 is 0 Å². The highest BCUT2D eigenvalue weighted by Gasteiger charge is 2.46. The van der Waals surface area contributed by atoms with Gasteiger partial charge in [-0.1, -0.05) is 41.5 Å². The van der Waals surface area contributed by atoms with Crippen LogP contribution in [0.15, 0.2) is 24.3 Å². The minimum absolute atomic E-state index is 0.698. The summed E-state index contributed by atoms with van der Waals surface area (Å²) in [5.74, 6) is 0.940. The molecule has 0 fully saturated rings. The summed E-state index contributed by atoms with van der Waals surface area (Å²) in [5.41, 5.74) is 4.86. The van der Waals surface area contributed by atoms with Gasteiger partial charge in [0.15, 0.2) is 8.24 Å². The van der Waals surface area contributed by atoms with Crippen molar-refractivity contribution >= 4 is 19.1 Å². The molecule has 0 saturated heterocycles. The van der Waals surface area contributed by atoms with Gasteiger partial charge in [-0.05, 0) is 47.8 Å². The van der Waals surface area contributed by atoms with Crippen molar-refractivity contribution < 1.29 is 4.74 Å². The molecule has 1 heterocycles. The minimum Gasteiger partial charge on any atom is -0.497 e. The fourth-order valence-electron chi connectivity index (χ4n) is 4.75. The fraction of sp³-hybridized carbons (Fsp3) is 0.579. The van der Waals surface area contributed by atoms with Gasteiger partial charge in [0, 0.05) is 16.6 Å². The van der Waals surface area contributed by atoms with E-state index in [1.165, 1.54) is 16.6 Å². The van der Waals surface area contributed by atoms with E-state index in [2.05, 4.69) is 77.0 Å². The van der Waals surface area contributed by atoms with Gasteiger partial charge in [-0.15, -0.1) is 0 Å². The topological polar surface area (TPSA) is 14.2 Å². The number of hydrogen-bond acceptors (Lipinski definition) is 1. The van der Waals surface area contributed by atoms with Gasteiger partial charge in [0.25, 0.3) is 0 Å². The van der Waals surface area contributed by atoms with E-state index in [4.69, 9.17) is 4.74 Å². The van der Waals surface area contributed by atoms with Crippen LogP contribution >= 0.6 is 0 Å². The molecular formula is C19H31NOSi. The molecule has 0 N–H and O–H groups in total. The largest absolute Gasteiger partial charge is 0.497 e. The molecule has 0 aliphatic heterocycles. The molecule has 0 radical (unpaired) electrons. The normalized spacial score (nSPS) is 12.9. The zero-order valence-electron chi connectivity index (χ0n) is 15.4. The molecular weight excluding hydrogens is 286 g/mol. The lowest BCUT2D eigenvalue weighted by Crippen LogP contribution is -2.52. The maximum atomic E-state index is 5.40. The Hall–Kier alpha value is -1.22. The van der Waals surface area contributed by atoms with Crippen molar-refractivity contribution in [2.24, 2.45) is 0 Å². The molecule has 0 atom stereocenters. The third-order valence-electron chi connectivity index (χ3n) is 5.35. The molecule has 0 saturated carbocycles. The van der Waals surface area contributed by atoms with E-state index in [0.29, 0.717) is 16.6 Å². The summed E-state index contributed by atoms with van der Waals surface area (Å²) >= 11 is 0. The molecule has 2 nitrogen and oxygen atoms in total. The third-order valence-corrected chi connectivity index (χ3v) is 12.3. The average Bonchev–Trinajstić information content (AvgIpc) is 2.74. The summed E-state index contributed by atoms with van der Waals surface area (Å²) in [6, 6.07) is 8.83. The molecule has 0 unspecified atom stereocenters. The van der Waals surface area contributed by atoms with Crippen LogP contribution in [0, 0.1) is 6.92 Å². The molecule has 0 spiro atoms. The summed E-state index contributed by atoms with van der Waals surface area (Å²) in [6.07, 6.45) is 0. The van der Waals surface area contributed by atoms with Gasteiger partial charge in [0.2, 0.25) is 0 Å². The smallest absolute Gasteiger partial charge is 0.169 e. The van der Waals surface area contributed by atoms with Crippen molar-refractivity contribution in [2.75, 3.05) is 7.11 Å². The zero-order valence-corrected chi connectivity index (χ0v) is 16.4. The van der Waals surface area contributed by atoms with Crippen LogP contribution in [0.5, 0.6) is 5.75 Å². The van der Waals surface area contributed by atoms with Gasteiger partial charge in [-0.25, -0.2) is 0 Å². The molecule has 0 aliphatic carbocycles. The second-order valence-corrected chi connectivity index (χ2v) is 13.1. The molecule has 2 aromatic rings. The maximum absolute atomic E-state index is 5.40. The highest BCUT2D eigenvalue weighted by atomic mass is 28.3. The Labute approximate surface area is 136 Å². The number of benzene rings is 1. The molecule has 3 heteroatoms. The van der Waals surface area contributed by atoms with E-state index in [-0.39, 0.29) is 0 Å². The monoisotopic (exact) mass is 317 g/mol. The van der Waals surface area contributed by atoms with Gasteiger partial charge in [-0.2, -0.15) is 0 Å². The Morgan fingerprint density at radius 1 is 0.909 bits per heavy atom. The molecule has 1 aromatic carbocycles. The van der Waals surface area contributed by atoms with Gasteiger partial charge >= 0.3 is 0 Å². The lowest BCUT2D eigenvalue weighted by molar-refractivity contribution is 0.415. The molecule has 122 valence electrons. The lowest BCUT2D eigenvalue weighted by atomic mass is 10.2. The average molecular weight is 318 g/mol. The van der Waals surface area contributed by atoms with Crippen molar-refractivity contribution in [2.45, 2.75) is 65.1 Å². The number of hydrogen-bond donors (Lipinski definition) is 0. The van der Waals surface area contributed by atoms with Crippen LogP contribution in [0.1, 0.15) is 47.2 Å². The van der Waals surface area contributed by atoms with Gasteiger partial charge in [0.05, 0.1) is 7.11 Å².